The van der Waals surface area contributed by atoms with Crippen molar-refractivity contribution in [1.29, 1.82) is 0 Å². The first-order chi connectivity index (χ1) is 8.91. The predicted octanol–water partition coefficient (Wildman–Crippen LogP) is 1.69. The molecule has 1 rings (SSSR count). The standard InChI is InChI=1S/C10H8F5NO3/c1-18-2-3-19-16-10(17)4-5(11)7(13)9(15)8(14)6(4)12/h2-3H2,1H3,(H,16,17). The number of halogens is 5. The van der Waals surface area contributed by atoms with E-state index in [9.17, 15) is 26.7 Å². The molecule has 1 aromatic carbocycles. The molecule has 9 heteroatoms. The molecule has 0 aromatic heterocycles. The van der Waals surface area contributed by atoms with Gasteiger partial charge in [0.1, 0.15) is 5.56 Å². The molecule has 0 saturated carbocycles. The molecule has 0 saturated heterocycles. The Morgan fingerprint density at radius 1 is 0.947 bits per heavy atom. The van der Waals surface area contributed by atoms with Crippen LogP contribution in [0.4, 0.5) is 22.0 Å². The summed E-state index contributed by atoms with van der Waals surface area (Å²) in [4.78, 5) is 15.7. The summed E-state index contributed by atoms with van der Waals surface area (Å²) in [6.45, 7) is -0.116. The normalized spacial score (nSPS) is 10.6. The van der Waals surface area contributed by atoms with E-state index in [4.69, 9.17) is 0 Å². The number of rotatable bonds is 5. The molecule has 0 bridgehead atoms. The molecule has 0 heterocycles. The molecule has 19 heavy (non-hydrogen) atoms. The van der Waals surface area contributed by atoms with Crippen molar-refractivity contribution in [2.24, 2.45) is 0 Å². The van der Waals surface area contributed by atoms with Gasteiger partial charge in [0.2, 0.25) is 5.82 Å². The third-order valence-electron chi connectivity index (χ3n) is 1.99. The number of methoxy groups -OCH3 is 1. The first-order valence-electron chi connectivity index (χ1n) is 4.84. The van der Waals surface area contributed by atoms with Gasteiger partial charge in [-0.2, -0.15) is 0 Å². The zero-order valence-electron chi connectivity index (χ0n) is 9.53. The van der Waals surface area contributed by atoms with Crippen LogP contribution in [0.2, 0.25) is 0 Å². The van der Waals surface area contributed by atoms with Gasteiger partial charge in [-0.25, -0.2) is 27.4 Å². The number of carbonyl (C=O) groups excluding carboxylic acids is 1. The van der Waals surface area contributed by atoms with Crippen LogP contribution in [0.15, 0.2) is 0 Å². The molecule has 0 spiro atoms. The summed E-state index contributed by atoms with van der Waals surface area (Å²) in [7, 11) is 1.33. The van der Waals surface area contributed by atoms with Crippen molar-refractivity contribution in [3.8, 4) is 0 Å². The first-order valence-corrected chi connectivity index (χ1v) is 4.84. The van der Waals surface area contributed by atoms with Crippen molar-refractivity contribution in [3.63, 3.8) is 0 Å². The summed E-state index contributed by atoms with van der Waals surface area (Å²) < 4.78 is 69.2. The molecule has 0 aliphatic heterocycles. The third kappa shape index (κ3) is 3.18. The van der Waals surface area contributed by atoms with E-state index >= 15 is 0 Å². The van der Waals surface area contributed by atoms with Gasteiger partial charge in [0, 0.05) is 7.11 Å². The lowest BCUT2D eigenvalue weighted by Gasteiger charge is -2.08. The maximum atomic E-state index is 13.2. The van der Waals surface area contributed by atoms with Gasteiger partial charge in [-0.05, 0) is 0 Å². The Morgan fingerprint density at radius 2 is 1.42 bits per heavy atom. The van der Waals surface area contributed by atoms with Crippen LogP contribution in [0.25, 0.3) is 0 Å². The lowest BCUT2D eigenvalue weighted by atomic mass is 10.1. The maximum absolute atomic E-state index is 13.2. The Hall–Kier alpha value is -1.74. The summed E-state index contributed by atoms with van der Waals surface area (Å²) in [5.74, 6) is -12.8. The number of carbonyl (C=O) groups is 1. The van der Waals surface area contributed by atoms with Crippen molar-refractivity contribution < 1.29 is 36.3 Å². The Balaban J connectivity index is 2.97. The summed E-state index contributed by atoms with van der Waals surface area (Å²) in [5.41, 5.74) is -0.0822. The summed E-state index contributed by atoms with van der Waals surface area (Å²) in [5, 5.41) is 0. The van der Waals surface area contributed by atoms with Crippen molar-refractivity contribution in [3.05, 3.63) is 34.6 Å². The highest BCUT2D eigenvalue weighted by Crippen LogP contribution is 2.22. The van der Waals surface area contributed by atoms with Crippen LogP contribution in [0.1, 0.15) is 10.4 Å². The van der Waals surface area contributed by atoms with Crippen LogP contribution in [0.5, 0.6) is 0 Å². The third-order valence-corrected chi connectivity index (χ3v) is 1.99. The molecule has 106 valence electrons. The zero-order valence-corrected chi connectivity index (χ0v) is 9.53. The van der Waals surface area contributed by atoms with Crippen LogP contribution in [0.3, 0.4) is 0 Å². The van der Waals surface area contributed by atoms with Crippen molar-refractivity contribution in [1.82, 2.24) is 5.48 Å². The van der Waals surface area contributed by atoms with Gasteiger partial charge in [0.25, 0.3) is 5.91 Å². The van der Waals surface area contributed by atoms with Gasteiger partial charge in [-0.15, -0.1) is 0 Å². The fourth-order valence-corrected chi connectivity index (χ4v) is 1.10. The van der Waals surface area contributed by atoms with E-state index < -0.39 is 40.6 Å². The van der Waals surface area contributed by atoms with Crippen LogP contribution in [-0.2, 0) is 9.57 Å². The molecule has 0 atom stereocenters. The number of hydroxylamine groups is 1. The van der Waals surface area contributed by atoms with Crippen molar-refractivity contribution >= 4 is 5.91 Å². The molecule has 0 radical (unpaired) electrons. The maximum Gasteiger partial charge on any atom is 0.281 e. The van der Waals surface area contributed by atoms with Gasteiger partial charge in [-0.3, -0.25) is 9.63 Å². The average Bonchev–Trinajstić information content (AvgIpc) is 2.39. The van der Waals surface area contributed by atoms with Crippen LogP contribution >= 0.6 is 0 Å². The minimum Gasteiger partial charge on any atom is -0.382 e. The molecular formula is C10H8F5NO3. The Kier molecular flexibility index (Phi) is 5.19. The van der Waals surface area contributed by atoms with E-state index in [1.807, 2.05) is 0 Å². The van der Waals surface area contributed by atoms with E-state index in [0.29, 0.717) is 0 Å². The Morgan fingerprint density at radius 3 is 1.89 bits per heavy atom. The molecule has 0 fully saturated rings. The summed E-state index contributed by atoms with van der Waals surface area (Å²) in [6, 6.07) is 0. The highest BCUT2D eigenvalue weighted by Gasteiger charge is 2.29. The average molecular weight is 285 g/mol. The lowest BCUT2D eigenvalue weighted by molar-refractivity contribution is 0.00826. The van der Waals surface area contributed by atoms with Crippen molar-refractivity contribution in [2.45, 2.75) is 0 Å². The molecular weight excluding hydrogens is 277 g/mol. The molecule has 1 N–H and O–H groups in total. The van der Waals surface area contributed by atoms with E-state index in [0.717, 1.165) is 0 Å². The Bertz CT molecular complexity index is 466. The highest BCUT2D eigenvalue weighted by atomic mass is 19.2. The highest BCUT2D eigenvalue weighted by molar-refractivity contribution is 5.94. The second-order valence-electron chi connectivity index (χ2n) is 3.22. The molecule has 4 nitrogen and oxygen atoms in total. The van der Waals surface area contributed by atoms with E-state index in [1.165, 1.54) is 12.6 Å². The smallest absolute Gasteiger partial charge is 0.281 e. The largest absolute Gasteiger partial charge is 0.382 e. The molecule has 0 aliphatic rings. The van der Waals surface area contributed by atoms with Gasteiger partial charge < -0.3 is 4.74 Å². The van der Waals surface area contributed by atoms with Crippen molar-refractivity contribution in [2.75, 3.05) is 20.3 Å². The van der Waals surface area contributed by atoms with Crippen LogP contribution < -0.4 is 5.48 Å². The van der Waals surface area contributed by atoms with Gasteiger partial charge in [-0.1, -0.05) is 0 Å². The topological polar surface area (TPSA) is 47.6 Å². The second kappa shape index (κ2) is 6.43. The minimum absolute atomic E-state index is 0.0530. The molecule has 0 unspecified atom stereocenters. The number of benzene rings is 1. The number of hydrogen-bond donors (Lipinski definition) is 1. The fourth-order valence-electron chi connectivity index (χ4n) is 1.10. The first kappa shape index (κ1) is 15.3. The second-order valence-corrected chi connectivity index (χ2v) is 3.22. The van der Waals surface area contributed by atoms with Gasteiger partial charge >= 0.3 is 0 Å². The number of ether oxygens (including phenoxy) is 1. The van der Waals surface area contributed by atoms with E-state index in [2.05, 4.69) is 9.57 Å². The Labute approximate surface area is 104 Å². The lowest BCUT2D eigenvalue weighted by Crippen LogP contribution is -2.28. The minimum atomic E-state index is -2.34. The summed E-state index contributed by atoms with van der Waals surface area (Å²) in [6.07, 6.45) is 0. The van der Waals surface area contributed by atoms with Gasteiger partial charge in [0.05, 0.1) is 13.2 Å². The molecule has 1 aromatic rings. The van der Waals surface area contributed by atoms with Crippen LogP contribution in [-0.4, -0.2) is 26.2 Å². The fraction of sp³-hybridized carbons (Fsp3) is 0.300. The SMILES string of the molecule is COCCONC(=O)c1c(F)c(F)c(F)c(F)c1F. The quantitative estimate of drug-likeness (QED) is 0.294. The number of nitrogens with one attached hydrogen (secondary N) is 1. The summed E-state index contributed by atoms with van der Waals surface area (Å²) >= 11 is 0. The van der Waals surface area contributed by atoms with Gasteiger partial charge in [0.15, 0.2) is 23.3 Å². The zero-order chi connectivity index (χ0) is 14.6. The molecule has 1 amide bonds. The van der Waals surface area contributed by atoms with E-state index in [-0.39, 0.29) is 13.2 Å². The molecule has 0 aliphatic carbocycles. The predicted molar refractivity (Wildman–Crippen MR) is 51.5 cm³/mol. The van der Waals surface area contributed by atoms with E-state index in [1.54, 1.807) is 0 Å². The van der Waals surface area contributed by atoms with Crippen LogP contribution in [0, 0.1) is 29.1 Å². The number of amides is 1. The number of hydrogen-bond acceptors (Lipinski definition) is 3. The monoisotopic (exact) mass is 285 g/mol.